The van der Waals surface area contributed by atoms with Crippen LogP contribution in [0.1, 0.15) is 11.3 Å². The number of ether oxygens (including phenoxy) is 1. The number of hydrogen-bond donors (Lipinski definition) is 0. The van der Waals surface area contributed by atoms with Crippen molar-refractivity contribution < 1.29 is 14.5 Å². The van der Waals surface area contributed by atoms with Crippen LogP contribution in [-0.2, 0) is 28.4 Å². The molecule has 0 amide bonds. The zero-order chi connectivity index (χ0) is 19.9. The Balaban J connectivity index is 1.45. The van der Waals surface area contributed by atoms with Gasteiger partial charge in [-0.25, -0.2) is 4.68 Å². The van der Waals surface area contributed by atoms with Crippen LogP contribution in [-0.4, -0.2) is 25.9 Å². The lowest BCUT2D eigenvalue weighted by Crippen LogP contribution is -2.14. The van der Waals surface area contributed by atoms with Crippen molar-refractivity contribution in [2.45, 2.75) is 23.8 Å². The summed E-state index contributed by atoms with van der Waals surface area (Å²) in [5.74, 6) is 0.139. The lowest BCUT2D eigenvalue weighted by molar-refractivity contribution is -0.384. The number of nitrogens with zero attached hydrogens (tertiary/aromatic N) is 4. The van der Waals surface area contributed by atoms with E-state index in [1.165, 1.54) is 16.8 Å². The highest BCUT2D eigenvalue weighted by molar-refractivity contribution is 7.98. The summed E-state index contributed by atoms with van der Waals surface area (Å²) in [6.45, 7) is -0.0314. The number of non-ortho nitro benzene ring substituents is 1. The van der Waals surface area contributed by atoms with Crippen LogP contribution in [0.5, 0.6) is 0 Å². The maximum Gasteiger partial charge on any atom is 0.328 e. The standard InChI is InChI=1S/C18H15ClN4O4S/c19-14-3-7-17(8-4-14)28-12-15-9-22(21-20-15)10-18(24)27-11-13-1-5-16(6-2-13)23(25)26/h1-9H,10-12H2. The van der Waals surface area contributed by atoms with Crippen LogP contribution >= 0.6 is 23.4 Å². The van der Waals surface area contributed by atoms with E-state index >= 15 is 0 Å². The normalized spacial score (nSPS) is 10.6. The largest absolute Gasteiger partial charge is 0.459 e. The van der Waals surface area contributed by atoms with Gasteiger partial charge in [-0.15, -0.1) is 16.9 Å². The first-order valence-electron chi connectivity index (χ1n) is 8.16. The monoisotopic (exact) mass is 418 g/mol. The van der Waals surface area contributed by atoms with Crippen LogP contribution in [0.15, 0.2) is 59.6 Å². The minimum absolute atomic E-state index is 0.0123. The Morgan fingerprint density at radius 3 is 2.57 bits per heavy atom. The first-order valence-corrected chi connectivity index (χ1v) is 9.52. The van der Waals surface area contributed by atoms with E-state index in [0.717, 1.165) is 10.6 Å². The number of hydrogen-bond acceptors (Lipinski definition) is 7. The molecular weight excluding hydrogens is 404 g/mol. The first kappa shape index (κ1) is 19.8. The fraction of sp³-hybridized carbons (Fsp3) is 0.167. The second kappa shape index (κ2) is 9.34. The van der Waals surface area contributed by atoms with Crippen LogP contribution in [0.25, 0.3) is 0 Å². The Morgan fingerprint density at radius 2 is 1.89 bits per heavy atom. The average Bonchev–Trinajstić information content (AvgIpc) is 3.13. The van der Waals surface area contributed by atoms with Gasteiger partial charge >= 0.3 is 5.97 Å². The number of nitro groups is 1. The molecule has 10 heteroatoms. The van der Waals surface area contributed by atoms with E-state index in [1.54, 1.807) is 30.1 Å². The van der Waals surface area contributed by atoms with Crippen LogP contribution in [0.3, 0.4) is 0 Å². The van der Waals surface area contributed by atoms with Crippen molar-refractivity contribution in [1.82, 2.24) is 15.0 Å². The smallest absolute Gasteiger partial charge is 0.328 e. The molecule has 0 aliphatic carbocycles. The Labute approximate surface area is 169 Å². The fourth-order valence-corrected chi connectivity index (χ4v) is 3.13. The van der Waals surface area contributed by atoms with Gasteiger partial charge in [0.25, 0.3) is 5.69 Å². The van der Waals surface area contributed by atoms with Crippen molar-refractivity contribution in [2.75, 3.05) is 0 Å². The Hall–Kier alpha value is -2.91. The van der Waals surface area contributed by atoms with Gasteiger partial charge in [0.05, 0.1) is 10.6 Å². The van der Waals surface area contributed by atoms with Crippen molar-refractivity contribution in [3.8, 4) is 0 Å². The molecule has 0 bridgehead atoms. The minimum Gasteiger partial charge on any atom is -0.459 e. The van der Waals surface area contributed by atoms with Gasteiger partial charge in [-0.2, -0.15) is 0 Å². The lowest BCUT2D eigenvalue weighted by atomic mass is 10.2. The van der Waals surface area contributed by atoms with E-state index < -0.39 is 10.9 Å². The molecule has 2 aromatic carbocycles. The number of carbonyl (C=O) groups excluding carboxylic acids is 1. The molecule has 0 saturated carbocycles. The molecule has 0 spiro atoms. The molecule has 0 saturated heterocycles. The molecule has 0 unspecified atom stereocenters. The predicted molar refractivity (Wildman–Crippen MR) is 104 cm³/mol. The van der Waals surface area contributed by atoms with Gasteiger partial charge in [0.2, 0.25) is 0 Å². The first-order chi connectivity index (χ1) is 13.5. The van der Waals surface area contributed by atoms with E-state index in [2.05, 4.69) is 10.3 Å². The van der Waals surface area contributed by atoms with Crippen LogP contribution in [0.4, 0.5) is 5.69 Å². The fourth-order valence-electron chi connectivity index (χ4n) is 2.23. The number of esters is 1. The van der Waals surface area contributed by atoms with Crippen molar-refractivity contribution in [3.05, 3.63) is 81.1 Å². The second-order valence-electron chi connectivity index (χ2n) is 5.73. The highest BCUT2D eigenvalue weighted by atomic mass is 35.5. The summed E-state index contributed by atoms with van der Waals surface area (Å²) < 4.78 is 6.58. The van der Waals surface area contributed by atoms with Crippen molar-refractivity contribution in [3.63, 3.8) is 0 Å². The average molecular weight is 419 g/mol. The molecule has 0 fully saturated rings. The zero-order valence-corrected chi connectivity index (χ0v) is 16.1. The third-order valence-electron chi connectivity index (χ3n) is 3.62. The molecule has 144 valence electrons. The van der Waals surface area contributed by atoms with Crippen LogP contribution in [0.2, 0.25) is 5.02 Å². The van der Waals surface area contributed by atoms with Crippen molar-refractivity contribution in [1.29, 1.82) is 0 Å². The highest BCUT2D eigenvalue weighted by Crippen LogP contribution is 2.23. The van der Waals surface area contributed by atoms with Crippen molar-refractivity contribution in [2.24, 2.45) is 0 Å². The summed E-state index contributed by atoms with van der Waals surface area (Å²) in [7, 11) is 0. The maximum absolute atomic E-state index is 11.9. The van der Waals surface area contributed by atoms with E-state index in [4.69, 9.17) is 16.3 Å². The SMILES string of the molecule is O=C(Cn1cc(CSc2ccc(Cl)cc2)nn1)OCc1ccc([N+](=O)[O-])cc1. The number of benzene rings is 2. The molecular formula is C18H15ClN4O4S. The number of thioether (sulfide) groups is 1. The molecule has 28 heavy (non-hydrogen) atoms. The summed E-state index contributed by atoms with van der Waals surface area (Å²) in [6.07, 6.45) is 1.69. The predicted octanol–water partition coefficient (Wildman–Crippen LogP) is 3.88. The third-order valence-corrected chi connectivity index (χ3v) is 4.92. The van der Waals surface area contributed by atoms with Crippen molar-refractivity contribution >= 4 is 35.0 Å². The van der Waals surface area contributed by atoms with E-state index in [-0.39, 0.29) is 18.8 Å². The Kier molecular flexibility index (Phi) is 6.62. The Morgan fingerprint density at radius 1 is 1.18 bits per heavy atom. The van der Waals surface area contributed by atoms with Gasteiger partial charge in [0.15, 0.2) is 0 Å². The summed E-state index contributed by atoms with van der Waals surface area (Å²) in [4.78, 5) is 23.1. The highest BCUT2D eigenvalue weighted by Gasteiger charge is 2.09. The Bertz CT molecular complexity index is 960. The van der Waals surface area contributed by atoms with Gasteiger partial charge in [0.1, 0.15) is 13.2 Å². The summed E-state index contributed by atoms with van der Waals surface area (Å²) in [6, 6.07) is 13.3. The van der Waals surface area contributed by atoms with E-state index in [0.29, 0.717) is 16.3 Å². The molecule has 3 rings (SSSR count). The van der Waals surface area contributed by atoms with Gasteiger partial charge in [-0.05, 0) is 42.0 Å². The van der Waals surface area contributed by atoms with Crippen LogP contribution in [0, 0.1) is 10.1 Å². The van der Waals surface area contributed by atoms with Gasteiger partial charge in [-0.1, -0.05) is 16.8 Å². The molecule has 0 atom stereocenters. The number of aromatic nitrogens is 3. The van der Waals surface area contributed by atoms with Gasteiger partial charge in [-0.3, -0.25) is 14.9 Å². The molecule has 1 heterocycles. The maximum atomic E-state index is 11.9. The molecule has 0 aliphatic heterocycles. The number of carbonyl (C=O) groups is 1. The topological polar surface area (TPSA) is 100 Å². The molecule has 0 aliphatic rings. The molecule has 0 radical (unpaired) electrons. The number of halogens is 1. The quantitative estimate of drug-likeness (QED) is 0.237. The van der Waals surface area contributed by atoms with E-state index in [1.807, 2.05) is 24.3 Å². The second-order valence-corrected chi connectivity index (χ2v) is 7.22. The van der Waals surface area contributed by atoms with Gasteiger partial charge < -0.3 is 4.74 Å². The molecule has 3 aromatic rings. The molecule has 1 aromatic heterocycles. The number of rotatable bonds is 8. The van der Waals surface area contributed by atoms with Crippen LogP contribution < -0.4 is 0 Å². The summed E-state index contributed by atoms with van der Waals surface area (Å²) in [5.41, 5.74) is 1.39. The minimum atomic E-state index is -0.483. The third kappa shape index (κ3) is 5.80. The number of nitro benzene ring substituents is 1. The lowest BCUT2D eigenvalue weighted by Gasteiger charge is -2.04. The molecule has 0 N–H and O–H groups in total. The van der Waals surface area contributed by atoms with Gasteiger partial charge in [0, 0.05) is 34.0 Å². The molecule has 8 nitrogen and oxygen atoms in total. The van der Waals surface area contributed by atoms with E-state index in [9.17, 15) is 14.9 Å². The summed E-state index contributed by atoms with van der Waals surface area (Å²) >= 11 is 7.45. The zero-order valence-electron chi connectivity index (χ0n) is 14.5. The summed E-state index contributed by atoms with van der Waals surface area (Å²) in [5, 5.41) is 19.3.